The molecule has 3 N–H and O–H groups in total. The van der Waals surface area contributed by atoms with Crippen LogP contribution in [0.15, 0.2) is 54.6 Å². The fraction of sp³-hybridized carbons (Fsp3) is 0.190. The number of nitrogens with one attached hydrogen (secondary N) is 3. The third-order valence-corrected chi connectivity index (χ3v) is 3.70. The van der Waals surface area contributed by atoms with Crippen LogP contribution in [0.1, 0.15) is 34.0 Å². The summed E-state index contributed by atoms with van der Waals surface area (Å²) < 4.78 is 36.8. The van der Waals surface area contributed by atoms with Gasteiger partial charge in [-0.05, 0) is 43.7 Å². The van der Waals surface area contributed by atoms with Crippen molar-refractivity contribution >= 4 is 11.6 Å². The Morgan fingerprint density at radius 1 is 1.28 bits per heavy atom. The zero-order valence-corrected chi connectivity index (χ0v) is 15.8. The van der Waals surface area contributed by atoms with Gasteiger partial charge >= 0.3 is 6.18 Å². The predicted molar refractivity (Wildman–Crippen MR) is 104 cm³/mol. The fourth-order valence-corrected chi connectivity index (χ4v) is 2.18. The van der Waals surface area contributed by atoms with Gasteiger partial charge in [-0.3, -0.25) is 9.78 Å². The monoisotopic (exact) mass is 400 g/mol. The van der Waals surface area contributed by atoms with Crippen LogP contribution in [-0.4, -0.2) is 29.3 Å². The Hall–Kier alpha value is -3.60. The number of hydrogen-bond acceptors (Lipinski definition) is 4. The van der Waals surface area contributed by atoms with E-state index in [1.807, 2.05) is 13.0 Å². The second-order valence-electron chi connectivity index (χ2n) is 6.15. The van der Waals surface area contributed by atoms with Gasteiger partial charge in [0.05, 0.1) is 11.4 Å². The molecule has 0 fully saturated rings. The molecule has 1 aromatic carbocycles. The van der Waals surface area contributed by atoms with Gasteiger partial charge in [-0.15, -0.1) is 0 Å². The highest BCUT2D eigenvalue weighted by molar-refractivity contribution is 6.03. The minimum Gasteiger partial charge on any atom is -0.381 e. The maximum absolute atomic E-state index is 12.5. The molecule has 0 saturated carbocycles. The molecule has 29 heavy (non-hydrogen) atoms. The Balaban J connectivity index is 2.19. The number of carbonyl (C=O) groups excluding carboxylic acids is 1. The van der Waals surface area contributed by atoms with E-state index in [1.165, 1.54) is 6.92 Å². The molecular weight excluding hydrogens is 381 g/mol. The minimum absolute atomic E-state index is 0.0529. The third kappa shape index (κ3) is 7.14. The second-order valence-corrected chi connectivity index (χ2v) is 6.15. The topological polar surface area (TPSA) is 77.9 Å². The smallest absolute Gasteiger partial charge is 0.381 e. The lowest BCUT2D eigenvalue weighted by Crippen LogP contribution is -2.30. The normalized spacial score (nSPS) is 11.3. The Bertz CT molecular complexity index is 986. The fourth-order valence-electron chi connectivity index (χ4n) is 2.18. The van der Waals surface area contributed by atoms with Crippen molar-refractivity contribution in [1.82, 2.24) is 15.6 Å². The molecular formula is C21H19F3N4O. The second kappa shape index (κ2) is 9.55. The first-order valence-corrected chi connectivity index (χ1v) is 8.55. The van der Waals surface area contributed by atoms with E-state index in [-0.39, 0.29) is 17.0 Å². The van der Waals surface area contributed by atoms with Gasteiger partial charge in [0.2, 0.25) is 0 Å². The molecule has 1 amide bonds. The van der Waals surface area contributed by atoms with Crippen LogP contribution < -0.4 is 10.6 Å². The summed E-state index contributed by atoms with van der Waals surface area (Å²) in [4.78, 5) is 16.5. The molecule has 1 heterocycles. The molecule has 2 rings (SSSR count). The average molecular weight is 400 g/mol. The van der Waals surface area contributed by atoms with E-state index in [0.717, 1.165) is 17.3 Å². The van der Waals surface area contributed by atoms with Crippen LogP contribution in [0, 0.1) is 24.2 Å². The lowest BCUT2D eigenvalue weighted by molar-refractivity contribution is -0.122. The average Bonchev–Trinajstić information content (AvgIpc) is 2.66. The molecule has 0 aliphatic carbocycles. The van der Waals surface area contributed by atoms with Gasteiger partial charge in [0.1, 0.15) is 6.54 Å². The van der Waals surface area contributed by atoms with Crippen LogP contribution in [0.5, 0.6) is 0 Å². The standard InChI is InChI=1S/C21H19F3N4O/c1-14-5-7-18(10-17(14)8-6-16-4-3-9-26-11-16)20(29)28-19(15(2)25)12-27-13-21(22,23)24/h3-5,7,9-12,25,27H,13H2,1-2H3,(H,28,29)/b19-12+,25-15?. The number of pyridine rings is 1. The SMILES string of the molecule is CC(=N)/C(=C\NCC(F)(F)F)NC(=O)c1ccc(C)c(C#Cc2cccnc2)c1. The van der Waals surface area contributed by atoms with Crippen molar-refractivity contribution in [2.24, 2.45) is 0 Å². The number of hydrogen-bond donors (Lipinski definition) is 3. The number of aromatic nitrogens is 1. The van der Waals surface area contributed by atoms with E-state index in [0.29, 0.717) is 5.56 Å². The number of benzene rings is 1. The maximum Gasteiger partial charge on any atom is 0.405 e. The molecule has 1 aromatic heterocycles. The number of amides is 1. The number of allylic oxidation sites excluding steroid dienone is 1. The summed E-state index contributed by atoms with van der Waals surface area (Å²) in [5.41, 5.74) is 2.35. The summed E-state index contributed by atoms with van der Waals surface area (Å²) in [6, 6.07) is 8.48. The number of alkyl halides is 3. The number of carbonyl (C=O) groups is 1. The van der Waals surface area contributed by atoms with Crippen molar-refractivity contribution in [3.8, 4) is 11.8 Å². The Morgan fingerprint density at radius 2 is 2.03 bits per heavy atom. The summed E-state index contributed by atoms with van der Waals surface area (Å²) in [6.45, 7) is 1.95. The van der Waals surface area contributed by atoms with Crippen molar-refractivity contribution in [3.63, 3.8) is 0 Å². The van der Waals surface area contributed by atoms with E-state index >= 15 is 0 Å². The van der Waals surface area contributed by atoms with Gasteiger partial charge in [-0.25, -0.2) is 0 Å². The summed E-state index contributed by atoms with van der Waals surface area (Å²) in [5, 5.41) is 12.1. The Kier molecular flexibility index (Phi) is 7.15. The molecule has 0 saturated heterocycles. The third-order valence-electron chi connectivity index (χ3n) is 3.70. The first-order chi connectivity index (χ1) is 13.7. The molecule has 0 aliphatic heterocycles. The molecule has 0 spiro atoms. The molecule has 5 nitrogen and oxygen atoms in total. The number of halogens is 3. The highest BCUT2D eigenvalue weighted by Crippen LogP contribution is 2.13. The summed E-state index contributed by atoms with van der Waals surface area (Å²) in [7, 11) is 0. The zero-order valence-electron chi connectivity index (χ0n) is 15.8. The molecule has 0 unspecified atom stereocenters. The minimum atomic E-state index is -4.40. The summed E-state index contributed by atoms with van der Waals surface area (Å²) in [5.74, 6) is 5.40. The largest absolute Gasteiger partial charge is 0.405 e. The summed E-state index contributed by atoms with van der Waals surface area (Å²) >= 11 is 0. The van der Waals surface area contributed by atoms with Crippen LogP contribution in [0.2, 0.25) is 0 Å². The molecule has 150 valence electrons. The molecule has 8 heteroatoms. The summed E-state index contributed by atoms with van der Waals surface area (Å²) in [6.07, 6.45) is -0.177. The Labute approximate surface area is 166 Å². The molecule has 0 aliphatic rings. The van der Waals surface area contributed by atoms with Gasteiger partial charge in [0, 0.05) is 35.3 Å². The van der Waals surface area contributed by atoms with Crippen LogP contribution in [0.25, 0.3) is 0 Å². The van der Waals surface area contributed by atoms with Crippen molar-refractivity contribution in [2.75, 3.05) is 6.54 Å². The first kappa shape index (κ1) is 21.7. The van der Waals surface area contributed by atoms with Crippen LogP contribution >= 0.6 is 0 Å². The van der Waals surface area contributed by atoms with Crippen molar-refractivity contribution in [3.05, 3.63) is 76.9 Å². The van der Waals surface area contributed by atoms with E-state index in [9.17, 15) is 18.0 Å². The molecule has 2 aromatic rings. The number of aryl methyl sites for hydroxylation is 1. The highest BCUT2D eigenvalue weighted by Gasteiger charge is 2.26. The first-order valence-electron chi connectivity index (χ1n) is 8.55. The Morgan fingerprint density at radius 3 is 2.66 bits per heavy atom. The van der Waals surface area contributed by atoms with Crippen LogP contribution in [-0.2, 0) is 0 Å². The van der Waals surface area contributed by atoms with Crippen LogP contribution in [0.4, 0.5) is 13.2 Å². The molecule has 0 bridgehead atoms. The maximum atomic E-state index is 12.5. The number of rotatable bonds is 5. The number of nitrogens with zero attached hydrogens (tertiary/aromatic N) is 1. The van der Waals surface area contributed by atoms with Crippen molar-refractivity contribution in [1.29, 1.82) is 5.41 Å². The van der Waals surface area contributed by atoms with Crippen LogP contribution in [0.3, 0.4) is 0 Å². The van der Waals surface area contributed by atoms with Gasteiger partial charge in [-0.1, -0.05) is 17.9 Å². The molecule has 0 radical (unpaired) electrons. The molecule has 0 atom stereocenters. The van der Waals surface area contributed by atoms with Gasteiger partial charge in [-0.2, -0.15) is 13.2 Å². The van der Waals surface area contributed by atoms with Crippen molar-refractivity contribution in [2.45, 2.75) is 20.0 Å². The van der Waals surface area contributed by atoms with E-state index < -0.39 is 18.6 Å². The lowest BCUT2D eigenvalue weighted by atomic mass is 10.0. The lowest BCUT2D eigenvalue weighted by Gasteiger charge is -2.11. The van der Waals surface area contributed by atoms with Crippen molar-refractivity contribution < 1.29 is 18.0 Å². The zero-order chi connectivity index (χ0) is 21.4. The quantitative estimate of drug-likeness (QED) is 0.531. The van der Waals surface area contributed by atoms with Gasteiger partial charge < -0.3 is 16.0 Å². The van der Waals surface area contributed by atoms with E-state index in [1.54, 1.807) is 36.7 Å². The highest BCUT2D eigenvalue weighted by atomic mass is 19.4. The van der Waals surface area contributed by atoms with E-state index in [2.05, 4.69) is 27.5 Å². The van der Waals surface area contributed by atoms with E-state index in [4.69, 9.17) is 5.41 Å². The van der Waals surface area contributed by atoms with Gasteiger partial charge in [0.15, 0.2) is 0 Å². The van der Waals surface area contributed by atoms with Gasteiger partial charge in [0.25, 0.3) is 5.91 Å². The predicted octanol–water partition coefficient (Wildman–Crippen LogP) is 3.55.